The number of allylic oxidation sites excluding steroid dienone is 2. The van der Waals surface area contributed by atoms with Gasteiger partial charge in [0.2, 0.25) is 6.10 Å². The van der Waals surface area contributed by atoms with E-state index in [0.29, 0.717) is 22.5 Å². The van der Waals surface area contributed by atoms with Crippen LogP contribution in [0.5, 0.6) is 0 Å². The normalized spacial score (nSPS) is 15.8. The molecule has 0 spiro atoms. The summed E-state index contributed by atoms with van der Waals surface area (Å²) in [5.74, 6) is -1.07. The number of benzene rings is 2. The number of ether oxygens (including phenoxy) is 4. The van der Waals surface area contributed by atoms with E-state index in [9.17, 15) is 25.0 Å². The highest BCUT2D eigenvalue weighted by Crippen LogP contribution is 2.40. The van der Waals surface area contributed by atoms with Crippen LogP contribution >= 0.6 is 0 Å². The Morgan fingerprint density at radius 1 is 0.973 bits per heavy atom. The van der Waals surface area contributed by atoms with E-state index in [2.05, 4.69) is 5.32 Å². The molecule has 11 nitrogen and oxygen atoms in total. The third-order valence-electron chi connectivity index (χ3n) is 5.21. The topological polar surface area (TPSA) is 150 Å². The minimum atomic E-state index is -1.24. The molecule has 37 heavy (non-hydrogen) atoms. The summed E-state index contributed by atoms with van der Waals surface area (Å²) in [6.45, 7) is 6.53. The number of nitro benzene ring substituents is 1. The van der Waals surface area contributed by atoms with Crippen molar-refractivity contribution in [2.45, 2.75) is 45.8 Å². The molecule has 0 radical (unpaired) electrons. The molecule has 0 fully saturated rings. The predicted octanol–water partition coefficient (Wildman–Crippen LogP) is 5.72. The number of dihydropyridines is 1. The molecule has 0 saturated heterocycles. The maximum atomic E-state index is 12.8. The van der Waals surface area contributed by atoms with Crippen LogP contribution in [0.4, 0.5) is 15.3 Å². The van der Waals surface area contributed by atoms with Gasteiger partial charge in [-0.25, -0.2) is 9.59 Å². The second-order valence-electron chi connectivity index (χ2n) is 8.30. The van der Waals surface area contributed by atoms with E-state index in [4.69, 9.17) is 18.9 Å². The Bertz CT molecular complexity index is 1290. The SMILES string of the molecule is CC1=C(OC(=O)OC(C)C)C(c2cccc([N+](=O)[O-])c2)C(OC(=O)OC(C#N)c2ccccc2)=C(C)N1. The van der Waals surface area contributed by atoms with Gasteiger partial charge in [-0.05, 0) is 33.3 Å². The van der Waals surface area contributed by atoms with Crippen LogP contribution in [0.3, 0.4) is 0 Å². The van der Waals surface area contributed by atoms with Crippen LogP contribution in [0, 0.1) is 21.4 Å². The van der Waals surface area contributed by atoms with E-state index in [-0.39, 0.29) is 17.2 Å². The quantitative estimate of drug-likeness (QED) is 0.280. The molecule has 1 aliphatic rings. The maximum Gasteiger partial charge on any atom is 0.515 e. The summed E-state index contributed by atoms with van der Waals surface area (Å²) in [5.41, 5.74) is 1.30. The largest absolute Gasteiger partial charge is 0.515 e. The maximum absolute atomic E-state index is 12.8. The number of non-ortho nitro benzene ring substituents is 1. The summed E-state index contributed by atoms with van der Waals surface area (Å²) in [7, 11) is 0. The Morgan fingerprint density at radius 2 is 1.57 bits per heavy atom. The fourth-order valence-corrected chi connectivity index (χ4v) is 3.66. The molecule has 0 bridgehead atoms. The Labute approximate surface area is 213 Å². The molecular formula is C26H25N3O8. The van der Waals surface area contributed by atoms with Crippen LogP contribution in [0.15, 0.2) is 77.5 Å². The lowest BCUT2D eigenvalue weighted by Crippen LogP contribution is -2.29. The first-order chi connectivity index (χ1) is 17.6. The van der Waals surface area contributed by atoms with Gasteiger partial charge in [0.15, 0.2) is 0 Å². The van der Waals surface area contributed by atoms with E-state index in [0.717, 1.165) is 0 Å². The molecule has 3 rings (SSSR count). The molecule has 192 valence electrons. The van der Waals surface area contributed by atoms with Crippen LogP contribution < -0.4 is 5.32 Å². The number of carbonyl (C=O) groups excluding carboxylic acids is 2. The van der Waals surface area contributed by atoms with Crippen molar-refractivity contribution in [1.29, 1.82) is 5.26 Å². The van der Waals surface area contributed by atoms with Crippen molar-refractivity contribution in [1.82, 2.24) is 5.32 Å². The molecular weight excluding hydrogens is 482 g/mol. The van der Waals surface area contributed by atoms with Gasteiger partial charge in [0, 0.05) is 17.7 Å². The van der Waals surface area contributed by atoms with Crippen molar-refractivity contribution in [2.75, 3.05) is 0 Å². The fraction of sp³-hybridized carbons (Fsp3) is 0.269. The Balaban J connectivity index is 1.98. The number of carbonyl (C=O) groups is 2. The molecule has 0 aliphatic carbocycles. The van der Waals surface area contributed by atoms with Gasteiger partial charge in [-0.2, -0.15) is 5.26 Å². The minimum absolute atomic E-state index is 0.0134. The highest BCUT2D eigenvalue weighted by molar-refractivity contribution is 5.66. The van der Waals surface area contributed by atoms with Gasteiger partial charge in [-0.15, -0.1) is 0 Å². The first-order valence-electron chi connectivity index (χ1n) is 11.2. The third kappa shape index (κ3) is 6.64. The lowest BCUT2D eigenvalue weighted by Gasteiger charge is -2.30. The van der Waals surface area contributed by atoms with Crippen LogP contribution in [0.25, 0.3) is 0 Å². The van der Waals surface area contributed by atoms with Crippen LogP contribution in [-0.2, 0) is 18.9 Å². The molecule has 2 aromatic rings. The number of rotatable bonds is 7. The van der Waals surface area contributed by atoms with Gasteiger partial charge in [-0.1, -0.05) is 42.5 Å². The zero-order valence-electron chi connectivity index (χ0n) is 20.6. The third-order valence-corrected chi connectivity index (χ3v) is 5.21. The van der Waals surface area contributed by atoms with E-state index < -0.39 is 35.4 Å². The van der Waals surface area contributed by atoms with Gasteiger partial charge in [0.05, 0.1) is 22.4 Å². The lowest BCUT2D eigenvalue weighted by atomic mass is 9.90. The standard InChI is InChI=1S/C26H25N3O8/c1-15(2)34-25(30)36-23-16(3)28-17(4)24(22(23)19-11-8-12-20(13-19)29(32)33)37-26(31)35-21(14-27)18-9-6-5-7-10-18/h5-13,15,21-22,28H,1-4H3. The molecule has 0 amide bonds. The van der Waals surface area contributed by atoms with Crippen molar-refractivity contribution in [3.8, 4) is 6.07 Å². The first kappa shape index (κ1) is 26.7. The molecule has 11 heteroatoms. The summed E-state index contributed by atoms with van der Waals surface area (Å²) in [5, 5.41) is 23.9. The average Bonchev–Trinajstić information content (AvgIpc) is 2.85. The Morgan fingerprint density at radius 3 is 2.11 bits per heavy atom. The number of nitrogens with one attached hydrogen (secondary N) is 1. The van der Waals surface area contributed by atoms with Gasteiger partial charge in [0.1, 0.15) is 23.5 Å². The Hall–Kier alpha value is -4.85. The summed E-state index contributed by atoms with van der Waals surface area (Å²) in [6, 6.07) is 15.9. The highest BCUT2D eigenvalue weighted by atomic mass is 16.7. The minimum Gasteiger partial charge on any atom is -0.431 e. The molecule has 2 unspecified atom stereocenters. The van der Waals surface area contributed by atoms with Crippen molar-refractivity contribution in [3.05, 3.63) is 98.8 Å². The number of nitriles is 1. The predicted molar refractivity (Wildman–Crippen MR) is 129 cm³/mol. The molecule has 1 heterocycles. The first-order valence-corrected chi connectivity index (χ1v) is 11.2. The fourth-order valence-electron chi connectivity index (χ4n) is 3.66. The number of nitro groups is 1. The van der Waals surface area contributed by atoms with Crippen molar-refractivity contribution < 1.29 is 33.5 Å². The molecule has 0 saturated carbocycles. The monoisotopic (exact) mass is 507 g/mol. The summed E-state index contributed by atoms with van der Waals surface area (Å²) in [6.07, 6.45) is -3.90. The van der Waals surface area contributed by atoms with E-state index >= 15 is 0 Å². The summed E-state index contributed by atoms with van der Waals surface area (Å²) in [4.78, 5) is 36.0. The van der Waals surface area contributed by atoms with Gasteiger partial charge < -0.3 is 24.3 Å². The van der Waals surface area contributed by atoms with Crippen LogP contribution in [0.2, 0.25) is 0 Å². The van der Waals surface area contributed by atoms with Gasteiger partial charge in [0.25, 0.3) is 5.69 Å². The number of hydrogen-bond donors (Lipinski definition) is 1. The smallest absolute Gasteiger partial charge is 0.431 e. The van der Waals surface area contributed by atoms with Gasteiger partial charge in [-0.3, -0.25) is 10.1 Å². The second-order valence-corrected chi connectivity index (χ2v) is 8.30. The highest BCUT2D eigenvalue weighted by Gasteiger charge is 2.37. The zero-order chi connectivity index (χ0) is 27.1. The molecule has 0 aromatic heterocycles. The van der Waals surface area contributed by atoms with Crippen molar-refractivity contribution in [3.63, 3.8) is 0 Å². The summed E-state index contributed by atoms with van der Waals surface area (Å²) >= 11 is 0. The van der Waals surface area contributed by atoms with E-state index in [1.54, 1.807) is 64.1 Å². The van der Waals surface area contributed by atoms with Crippen molar-refractivity contribution in [2.24, 2.45) is 0 Å². The lowest BCUT2D eigenvalue weighted by molar-refractivity contribution is -0.384. The second kappa shape index (κ2) is 11.7. The molecule has 2 aromatic carbocycles. The van der Waals surface area contributed by atoms with Crippen LogP contribution in [0.1, 0.15) is 50.8 Å². The van der Waals surface area contributed by atoms with Crippen LogP contribution in [-0.4, -0.2) is 23.3 Å². The van der Waals surface area contributed by atoms with E-state index in [1.807, 2.05) is 6.07 Å². The summed E-state index contributed by atoms with van der Waals surface area (Å²) < 4.78 is 21.3. The van der Waals surface area contributed by atoms with Crippen molar-refractivity contribution >= 4 is 18.0 Å². The molecule has 1 N–H and O–H groups in total. The molecule has 1 aliphatic heterocycles. The molecule has 2 atom stereocenters. The number of hydrogen-bond acceptors (Lipinski definition) is 10. The van der Waals surface area contributed by atoms with E-state index in [1.165, 1.54) is 18.2 Å². The Kier molecular flexibility index (Phi) is 8.47. The average molecular weight is 507 g/mol. The van der Waals surface area contributed by atoms with Gasteiger partial charge >= 0.3 is 12.3 Å². The zero-order valence-corrected chi connectivity index (χ0v) is 20.6. The number of nitrogens with zero attached hydrogens (tertiary/aromatic N) is 2.